The second kappa shape index (κ2) is 6.16. The van der Waals surface area contributed by atoms with Gasteiger partial charge in [-0.05, 0) is 50.5 Å². The summed E-state index contributed by atoms with van der Waals surface area (Å²) in [6, 6.07) is 7.83. The molecule has 0 bridgehead atoms. The molecule has 21 heavy (non-hydrogen) atoms. The van der Waals surface area contributed by atoms with Crippen LogP contribution in [0.4, 0.5) is 4.39 Å². The minimum Gasteiger partial charge on any atom is -0.486 e. The molecule has 2 aromatic rings. The van der Waals surface area contributed by atoms with Crippen molar-refractivity contribution in [2.24, 2.45) is 0 Å². The van der Waals surface area contributed by atoms with Crippen LogP contribution in [0.15, 0.2) is 24.3 Å². The SMILES string of the molecule is Cc1ccc(F)c(OCc2cc(CNC3CC3)sc2C)c1. The first-order chi connectivity index (χ1) is 10.1. The Morgan fingerprint density at radius 1 is 1.29 bits per heavy atom. The second-order valence-electron chi connectivity index (χ2n) is 5.67. The molecule has 0 aliphatic heterocycles. The molecular weight excluding hydrogens is 285 g/mol. The lowest BCUT2D eigenvalue weighted by atomic mass is 10.2. The van der Waals surface area contributed by atoms with E-state index in [1.165, 1.54) is 28.7 Å². The Hall–Kier alpha value is -1.39. The van der Waals surface area contributed by atoms with Crippen LogP contribution in [0.5, 0.6) is 5.75 Å². The van der Waals surface area contributed by atoms with E-state index < -0.39 is 0 Å². The van der Waals surface area contributed by atoms with Gasteiger partial charge in [0.25, 0.3) is 0 Å². The van der Waals surface area contributed by atoms with Crippen LogP contribution in [0.25, 0.3) is 0 Å². The van der Waals surface area contributed by atoms with Gasteiger partial charge in [0, 0.05) is 27.9 Å². The molecule has 0 unspecified atom stereocenters. The molecule has 2 nitrogen and oxygen atoms in total. The van der Waals surface area contributed by atoms with E-state index >= 15 is 0 Å². The van der Waals surface area contributed by atoms with E-state index in [0.29, 0.717) is 18.4 Å². The molecule has 0 amide bonds. The first kappa shape index (κ1) is 14.5. The maximum atomic E-state index is 13.7. The van der Waals surface area contributed by atoms with Crippen molar-refractivity contribution < 1.29 is 9.13 Å². The molecule has 1 saturated carbocycles. The zero-order valence-corrected chi connectivity index (χ0v) is 13.2. The van der Waals surface area contributed by atoms with E-state index in [0.717, 1.165) is 17.7 Å². The summed E-state index contributed by atoms with van der Waals surface area (Å²) < 4.78 is 19.3. The predicted molar refractivity (Wildman–Crippen MR) is 84.4 cm³/mol. The third-order valence-electron chi connectivity index (χ3n) is 3.68. The summed E-state index contributed by atoms with van der Waals surface area (Å²) in [5.74, 6) is 0.0300. The number of hydrogen-bond donors (Lipinski definition) is 1. The highest BCUT2D eigenvalue weighted by atomic mass is 32.1. The van der Waals surface area contributed by atoms with Crippen LogP contribution in [0, 0.1) is 19.7 Å². The van der Waals surface area contributed by atoms with E-state index in [9.17, 15) is 4.39 Å². The number of hydrogen-bond acceptors (Lipinski definition) is 3. The number of thiophene rings is 1. The average molecular weight is 305 g/mol. The third-order valence-corrected chi connectivity index (χ3v) is 4.78. The number of nitrogens with one attached hydrogen (secondary N) is 1. The van der Waals surface area contributed by atoms with E-state index in [1.54, 1.807) is 23.5 Å². The highest BCUT2D eigenvalue weighted by molar-refractivity contribution is 7.12. The van der Waals surface area contributed by atoms with Crippen LogP contribution >= 0.6 is 11.3 Å². The summed E-state index contributed by atoms with van der Waals surface area (Å²) in [5, 5.41) is 3.51. The molecule has 0 spiro atoms. The molecule has 0 atom stereocenters. The lowest BCUT2D eigenvalue weighted by molar-refractivity contribution is 0.290. The monoisotopic (exact) mass is 305 g/mol. The standard InChI is InChI=1S/C17H20FNOS/c1-11-3-6-16(18)17(7-11)20-10-13-8-15(21-12(13)2)9-19-14-4-5-14/h3,6-8,14,19H,4-5,9-10H2,1-2H3. The van der Waals surface area contributed by atoms with Crippen molar-refractivity contribution in [1.29, 1.82) is 0 Å². The van der Waals surface area contributed by atoms with Crippen molar-refractivity contribution in [3.63, 3.8) is 0 Å². The molecule has 1 fully saturated rings. The molecule has 3 rings (SSSR count). The van der Waals surface area contributed by atoms with Gasteiger partial charge in [0.05, 0.1) is 0 Å². The molecular formula is C17H20FNOS. The smallest absolute Gasteiger partial charge is 0.165 e. The van der Waals surface area contributed by atoms with Crippen molar-refractivity contribution >= 4 is 11.3 Å². The summed E-state index contributed by atoms with van der Waals surface area (Å²) in [7, 11) is 0. The molecule has 4 heteroatoms. The van der Waals surface area contributed by atoms with Gasteiger partial charge in [-0.2, -0.15) is 0 Å². The lowest BCUT2D eigenvalue weighted by Crippen LogP contribution is -2.14. The van der Waals surface area contributed by atoms with Gasteiger partial charge in [0.1, 0.15) is 6.61 Å². The van der Waals surface area contributed by atoms with Gasteiger partial charge in [-0.25, -0.2) is 4.39 Å². The van der Waals surface area contributed by atoms with Gasteiger partial charge in [-0.3, -0.25) is 0 Å². The molecule has 1 aliphatic carbocycles. The van der Waals surface area contributed by atoms with Crippen LogP contribution in [0.3, 0.4) is 0 Å². The van der Waals surface area contributed by atoms with Gasteiger partial charge in [-0.15, -0.1) is 11.3 Å². The summed E-state index contributed by atoms with van der Waals surface area (Å²) in [6.07, 6.45) is 2.60. The molecule has 0 saturated heterocycles. The number of halogens is 1. The fourth-order valence-corrected chi connectivity index (χ4v) is 3.23. The minimum absolute atomic E-state index is 0.302. The number of aryl methyl sites for hydroxylation is 2. The minimum atomic E-state index is -0.302. The van der Waals surface area contributed by atoms with Gasteiger partial charge in [0.15, 0.2) is 11.6 Å². The molecule has 112 valence electrons. The van der Waals surface area contributed by atoms with Crippen LogP contribution in [0.1, 0.15) is 33.7 Å². The molecule has 1 N–H and O–H groups in total. The second-order valence-corrected chi connectivity index (χ2v) is 7.01. The van der Waals surface area contributed by atoms with E-state index in [2.05, 4.69) is 18.3 Å². The Labute approximate surface area is 129 Å². The van der Waals surface area contributed by atoms with Gasteiger partial charge < -0.3 is 10.1 Å². The van der Waals surface area contributed by atoms with Gasteiger partial charge in [0.2, 0.25) is 0 Å². The van der Waals surface area contributed by atoms with Crippen LogP contribution in [0.2, 0.25) is 0 Å². The van der Waals surface area contributed by atoms with Crippen molar-refractivity contribution in [3.8, 4) is 5.75 Å². The number of benzene rings is 1. The van der Waals surface area contributed by atoms with Crippen molar-refractivity contribution in [2.75, 3.05) is 0 Å². The van der Waals surface area contributed by atoms with Gasteiger partial charge >= 0.3 is 0 Å². The lowest BCUT2D eigenvalue weighted by Gasteiger charge is -2.07. The fraction of sp³-hybridized carbons (Fsp3) is 0.412. The Balaban J connectivity index is 1.62. The summed E-state index contributed by atoms with van der Waals surface area (Å²) in [6.45, 7) is 5.38. The zero-order chi connectivity index (χ0) is 14.8. The van der Waals surface area contributed by atoms with Crippen LogP contribution < -0.4 is 10.1 Å². The first-order valence-electron chi connectivity index (χ1n) is 7.32. The summed E-state index contributed by atoms with van der Waals surface area (Å²) >= 11 is 1.79. The van der Waals surface area contributed by atoms with Crippen molar-refractivity contribution in [1.82, 2.24) is 5.32 Å². The quantitative estimate of drug-likeness (QED) is 0.857. The number of ether oxygens (including phenoxy) is 1. The molecule has 1 aliphatic rings. The predicted octanol–water partition coefficient (Wildman–Crippen LogP) is 4.34. The average Bonchev–Trinajstić information content (AvgIpc) is 3.22. The highest BCUT2D eigenvalue weighted by Gasteiger charge is 2.20. The fourth-order valence-electron chi connectivity index (χ4n) is 2.23. The van der Waals surface area contributed by atoms with Crippen LogP contribution in [-0.4, -0.2) is 6.04 Å². The molecule has 1 heterocycles. The van der Waals surface area contributed by atoms with Crippen molar-refractivity contribution in [2.45, 2.75) is 45.9 Å². The van der Waals surface area contributed by atoms with Crippen LogP contribution in [-0.2, 0) is 13.2 Å². The van der Waals surface area contributed by atoms with E-state index in [4.69, 9.17) is 4.74 Å². The maximum absolute atomic E-state index is 13.7. The highest BCUT2D eigenvalue weighted by Crippen LogP contribution is 2.26. The topological polar surface area (TPSA) is 21.3 Å². The van der Waals surface area contributed by atoms with Crippen molar-refractivity contribution in [3.05, 3.63) is 51.0 Å². The summed E-state index contributed by atoms with van der Waals surface area (Å²) in [5.41, 5.74) is 2.15. The van der Waals surface area contributed by atoms with Gasteiger partial charge in [-0.1, -0.05) is 6.07 Å². The normalized spacial score (nSPS) is 14.4. The molecule has 1 aromatic carbocycles. The summed E-state index contributed by atoms with van der Waals surface area (Å²) in [4.78, 5) is 2.57. The largest absolute Gasteiger partial charge is 0.486 e. The Morgan fingerprint density at radius 2 is 2.10 bits per heavy atom. The molecule has 1 aromatic heterocycles. The Kier molecular flexibility index (Phi) is 4.27. The zero-order valence-electron chi connectivity index (χ0n) is 12.4. The first-order valence-corrected chi connectivity index (χ1v) is 8.14. The maximum Gasteiger partial charge on any atom is 0.165 e. The Morgan fingerprint density at radius 3 is 2.86 bits per heavy atom. The molecule has 0 radical (unpaired) electrons. The number of rotatable bonds is 6. The van der Waals surface area contributed by atoms with E-state index in [-0.39, 0.29) is 5.82 Å². The third kappa shape index (κ3) is 3.83. The van der Waals surface area contributed by atoms with E-state index in [1.807, 2.05) is 6.92 Å². The Bertz CT molecular complexity index is 634.